The number of hydrogen-bond acceptors (Lipinski definition) is 6. The van der Waals surface area contributed by atoms with Gasteiger partial charge in [0.1, 0.15) is 12.1 Å². The van der Waals surface area contributed by atoms with Crippen molar-refractivity contribution in [3.05, 3.63) is 48.7 Å². The van der Waals surface area contributed by atoms with Gasteiger partial charge in [0.25, 0.3) is 0 Å². The van der Waals surface area contributed by atoms with E-state index in [2.05, 4.69) is 25.7 Å². The molecule has 0 spiro atoms. The fourth-order valence-electron chi connectivity index (χ4n) is 3.06. The minimum atomic E-state index is -1.06. The van der Waals surface area contributed by atoms with E-state index in [0.29, 0.717) is 28.1 Å². The van der Waals surface area contributed by atoms with Gasteiger partial charge in [-0.15, -0.1) is 0 Å². The third kappa shape index (κ3) is 4.80. The van der Waals surface area contributed by atoms with Crippen LogP contribution < -0.4 is 10.6 Å². The molecule has 0 aliphatic rings. The number of halogens is 1. The van der Waals surface area contributed by atoms with Crippen molar-refractivity contribution in [1.29, 1.82) is 0 Å². The van der Waals surface area contributed by atoms with Gasteiger partial charge in [-0.1, -0.05) is 17.4 Å². The number of pyridine rings is 1. The molecule has 0 atom stereocenters. The van der Waals surface area contributed by atoms with Crippen LogP contribution in [0.25, 0.3) is 32.6 Å². The van der Waals surface area contributed by atoms with Gasteiger partial charge < -0.3 is 10.4 Å². The van der Waals surface area contributed by atoms with Gasteiger partial charge in [0.2, 0.25) is 0 Å². The molecule has 32 heavy (non-hydrogen) atoms. The number of anilines is 1. The number of rotatable bonds is 6. The average molecular weight is 448 g/mol. The van der Waals surface area contributed by atoms with Gasteiger partial charge in [0.05, 0.1) is 16.6 Å². The molecular weight excluding hydrogens is 430 g/mol. The molecule has 0 bridgehead atoms. The summed E-state index contributed by atoms with van der Waals surface area (Å²) in [5.74, 6) is -1.65. The molecule has 0 aliphatic heterocycles. The Bertz CT molecular complexity index is 1280. The van der Waals surface area contributed by atoms with Gasteiger partial charge in [-0.2, -0.15) is 5.10 Å². The van der Waals surface area contributed by atoms with E-state index < -0.39 is 17.8 Å². The fraction of sp³-hybridized carbons (Fsp3) is 0.150. The molecule has 0 saturated heterocycles. The molecule has 0 fully saturated rings. The molecule has 12 heteroatoms. The molecule has 9 nitrogen and oxygen atoms in total. The second-order valence-electron chi connectivity index (χ2n) is 6.50. The van der Waals surface area contributed by atoms with Crippen molar-refractivity contribution in [2.45, 2.75) is 13.5 Å². The molecule has 3 N–H and O–H groups in total. The van der Waals surface area contributed by atoms with Gasteiger partial charge in [0.15, 0.2) is 10.9 Å². The van der Waals surface area contributed by atoms with Crippen LogP contribution in [0.1, 0.15) is 6.92 Å². The Balaban J connectivity index is 0.00000289. The van der Waals surface area contributed by atoms with Crippen LogP contribution in [0.3, 0.4) is 0 Å². The minimum absolute atomic E-state index is 0. The van der Waals surface area contributed by atoms with E-state index >= 15 is 4.39 Å². The summed E-state index contributed by atoms with van der Waals surface area (Å²) >= 11 is 1.14. The molecule has 4 rings (SSSR count). The number of nitrogens with zero attached hydrogens (tertiary/aromatic N) is 4. The Labute approximate surface area is 197 Å². The number of hydrogen-bond donors (Lipinski definition) is 3. The zero-order chi connectivity index (χ0) is 22.0. The number of carbonyl (C=O) groups excluding carboxylic acids is 1. The standard InChI is InChI=1S/C20H17FN6O3S.Li.H/c1-2-22-19(30)26-20-25-17-16(21)12(11-8-24-27(9-11)10-15(28)29)7-13(18(17)31-20)14-5-3-4-6-23-14;;/h3-9H,2,10H2,1H3,(H,28,29)(H2,22,25,26,30);;. The van der Waals surface area contributed by atoms with E-state index in [4.69, 9.17) is 5.11 Å². The van der Waals surface area contributed by atoms with Crippen molar-refractivity contribution < 1.29 is 19.1 Å². The average Bonchev–Trinajstić information content (AvgIpc) is 3.36. The van der Waals surface area contributed by atoms with Crippen molar-refractivity contribution in [3.63, 3.8) is 0 Å². The summed E-state index contributed by atoms with van der Waals surface area (Å²) in [6.07, 6.45) is 4.49. The molecule has 3 heterocycles. The molecule has 2 amide bonds. The first kappa shape index (κ1) is 23.4. The predicted molar refractivity (Wildman–Crippen MR) is 122 cm³/mol. The number of carbonyl (C=O) groups is 2. The zero-order valence-electron chi connectivity index (χ0n) is 16.3. The number of carboxylic acids is 1. The Morgan fingerprint density at radius 2 is 2.09 bits per heavy atom. The second kappa shape index (κ2) is 9.91. The molecule has 160 valence electrons. The van der Waals surface area contributed by atoms with Crippen LogP contribution in [-0.4, -0.2) is 62.3 Å². The third-order valence-corrected chi connectivity index (χ3v) is 5.35. The summed E-state index contributed by atoms with van der Waals surface area (Å²) in [5, 5.41) is 18.4. The zero-order valence-corrected chi connectivity index (χ0v) is 17.1. The first-order chi connectivity index (χ1) is 15.0. The van der Waals surface area contributed by atoms with Crippen molar-refractivity contribution in [2.75, 3.05) is 11.9 Å². The molecule has 0 saturated carbocycles. The normalized spacial score (nSPS) is 10.6. The van der Waals surface area contributed by atoms with Gasteiger partial charge in [-0.3, -0.25) is 19.8 Å². The van der Waals surface area contributed by atoms with E-state index in [-0.39, 0.29) is 41.6 Å². The molecular formula is C20H18FLiN6O3S. The van der Waals surface area contributed by atoms with E-state index in [1.807, 2.05) is 6.07 Å². The first-order valence-electron chi connectivity index (χ1n) is 9.30. The van der Waals surface area contributed by atoms with E-state index in [1.54, 1.807) is 31.3 Å². The SMILES string of the molecule is CCNC(=O)Nc1nc2c(F)c(-c3cnn(CC(=O)O)c3)cc(-c3ccccn3)c2s1.[LiH]. The Morgan fingerprint density at radius 3 is 2.78 bits per heavy atom. The van der Waals surface area contributed by atoms with Crippen molar-refractivity contribution in [1.82, 2.24) is 25.1 Å². The van der Waals surface area contributed by atoms with Gasteiger partial charge in [-0.05, 0) is 25.1 Å². The van der Waals surface area contributed by atoms with Crippen LogP contribution in [0.4, 0.5) is 14.3 Å². The summed E-state index contributed by atoms with van der Waals surface area (Å²) in [6, 6.07) is 6.58. The topological polar surface area (TPSA) is 122 Å². The van der Waals surface area contributed by atoms with Gasteiger partial charge in [-0.25, -0.2) is 14.2 Å². The van der Waals surface area contributed by atoms with Crippen LogP contribution in [0, 0.1) is 5.82 Å². The van der Waals surface area contributed by atoms with E-state index in [9.17, 15) is 9.59 Å². The molecule has 4 aromatic rings. The van der Waals surface area contributed by atoms with E-state index in [0.717, 1.165) is 11.3 Å². The molecule has 1 aromatic carbocycles. The number of fused-ring (bicyclic) bond motifs is 1. The summed E-state index contributed by atoms with van der Waals surface area (Å²) in [7, 11) is 0. The number of aliphatic carboxylic acids is 1. The molecule has 0 unspecified atom stereocenters. The molecule has 3 aromatic heterocycles. The third-order valence-electron chi connectivity index (χ3n) is 4.34. The van der Waals surface area contributed by atoms with Crippen LogP contribution in [0.5, 0.6) is 0 Å². The Kier molecular flexibility index (Phi) is 7.25. The number of amides is 2. The van der Waals surface area contributed by atoms with Crippen LogP contribution >= 0.6 is 11.3 Å². The first-order valence-corrected chi connectivity index (χ1v) is 10.1. The van der Waals surface area contributed by atoms with Crippen LogP contribution in [-0.2, 0) is 11.3 Å². The second-order valence-corrected chi connectivity index (χ2v) is 7.50. The number of nitrogens with one attached hydrogen (secondary N) is 2. The number of carboxylic acid groups (broad SMARTS) is 1. The van der Waals surface area contributed by atoms with Crippen molar-refractivity contribution in [3.8, 4) is 22.4 Å². The van der Waals surface area contributed by atoms with Crippen LogP contribution in [0.2, 0.25) is 0 Å². The van der Waals surface area contributed by atoms with Crippen molar-refractivity contribution >= 4 is 57.5 Å². The maximum atomic E-state index is 15.5. The predicted octanol–water partition coefficient (Wildman–Crippen LogP) is 2.94. The Morgan fingerprint density at radius 1 is 1.28 bits per heavy atom. The quantitative estimate of drug-likeness (QED) is 0.390. The van der Waals surface area contributed by atoms with Gasteiger partial charge in [0, 0.05) is 35.6 Å². The number of thiazole rings is 1. The number of aromatic nitrogens is 4. The van der Waals surface area contributed by atoms with Gasteiger partial charge >= 0.3 is 30.9 Å². The Hall–Kier alpha value is -3.26. The maximum absolute atomic E-state index is 15.5. The summed E-state index contributed by atoms with van der Waals surface area (Å²) in [4.78, 5) is 31.5. The van der Waals surface area contributed by atoms with Crippen molar-refractivity contribution in [2.24, 2.45) is 0 Å². The monoisotopic (exact) mass is 448 g/mol. The van der Waals surface area contributed by atoms with E-state index in [1.165, 1.54) is 17.1 Å². The number of benzene rings is 1. The molecule has 0 aliphatic carbocycles. The van der Waals surface area contributed by atoms with Crippen LogP contribution in [0.15, 0.2) is 42.9 Å². The number of urea groups is 1. The summed E-state index contributed by atoms with van der Waals surface area (Å²) in [6.45, 7) is 1.89. The molecule has 0 radical (unpaired) electrons. The summed E-state index contributed by atoms with van der Waals surface area (Å²) < 4.78 is 17.2. The summed E-state index contributed by atoms with van der Waals surface area (Å²) in [5.41, 5.74) is 1.95. The fourth-order valence-corrected chi connectivity index (χ4v) is 4.04.